The second-order valence-corrected chi connectivity index (χ2v) is 5.75. The van der Waals surface area contributed by atoms with Crippen LogP contribution in [0.1, 0.15) is 10.7 Å². The molecule has 2 heterocycles. The molecule has 0 saturated heterocycles. The second kappa shape index (κ2) is 5.73. The van der Waals surface area contributed by atoms with Gasteiger partial charge in [0.05, 0.1) is 5.01 Å². The minimum atomic E-state index is 0.432. The van der Waals surface area contributed by atoms with Crippen LogP contribution in [0.25, 0.3) is 10.8 Å². The van der Waals surface area contributed by atoms with E-state index in [2.05, 4.69) is 25.9 Å². The normalized spacial score (nSPS) is 10.9. The largest absolute Gasteiger partial charge is 0.368 e. The first-order chi connectivity index (χ1) is 9.74. The van der Waals surface area contributed by atoms with Gasteiger partial charge >= 0.3 is 0 Å². The molecule has 1 N–H and O–H groups in total. The van der Waals surface area contributed by atoms with Gasteiger partial charge in [-0.3, -0.25) is 0 Å². The van der Waals surface area contributed by atoms with Crippen LogP contribution in [0.4, 0.5) is 5.82 Å². The Kier molecular flexibility index (Phi) is 3.80. The molecule has 1 aromatic carbocycles. The van der Waals surface area contributed by atoms with E-state index in [1.165, 1.54) is 0 Å². The Morgan fingerprint density at radius 2 is 2.00 bits per heavy atom. The molecule has 0 amide bonds. The third-order valence-electron chi connectivity index (χ3n) is 2.94. The molecule has 0 radical (unpaired) electrons. The number of anilines is 1. The first-order valence-corrected chi connectivity index (χ1v) is 7.55. The zero-order valence-electron chi connectivity index (χ0n) is 10.9. The highest BCUT2D eigenvalue weighted by Gasteiger charge is 2.07. The van der Waals surface area contributed by atoms with Gasteiger partial charge in [0.15, 0.2) is 11.0 Å². The number of fused-ring (bicyclic) bond motifs is 1. The van der Waals surface area contributed by atoms with E-state index in [0.29, 0.717) is 5.15 Å². The fraction of sp³-hybridized carbons (Fsp3) is 0.214. The molecule has 102 valence electrons. The summed E-state index contributed by atoms with van der Waals surface area (Å²) in [6.45, 7) is 2.78. The average Bonchev–Trinajstić information content (AvgIpc) is 2.87. The summed E-state index contributed by atoms with van der Waals surface area (Å²) in [7, 11) is 0. The Bertz CT molecular complexity index is 741. The maximum Gasteiger partial charge on any atom is 0.159 e. The highest BCUT2D eigenvalue weighted by molar-refractivity contribution is 7.09. The average molecular weight is 305 g/mol. The molecule has 0 saturated carbocycles. The molecule has 20 heavy (non-hydrogen) atoms. The van der Waals surface area contributed by atoms with Gasteiger partial charge in [-0.15, -0.1) is 21.5 Å². The lowest BCUT2D eigenvalue weighted by molar-refractivity contribution is 0.960. The molecule has 0 aliphatic rings. The summed E-state index contributed by atoms with van der Waals surface area (Å²) in [6.07, 6.45) is 0.872. The maximum atomic E-state index is 6.05. The van der Waals surface area contributed by atoms with Crippen molar-refractivity contribution in [1.29, 1.82) is 0 Å². The van der Waals surface area contributed by atoms with Crippen LogP contribution < -0.4 is 5.32 Å². The second-order valence-electron chi connectivity index (χ2n) is 4.44. The van der Waals surface area contributed by atoms with Gasteiger partial charge in [0.2, 0.25) is 0 Å². The van der Waals surface area contributed by atoms with E-state index < -0.39 is 0 Å². The minimum Gasteiger partial charge on any atom is -0.368 e. The van der Waals surface area contributed by atoms with Crippen LogP contribution in [0.5, 0.6) is 0 Å². The van der Waals surface area contributed by atoms with Crippen LogP contribution in [0.3, 0.4) is 0 Å². The van der Waals surface area contributed by atoms with Crippen LogP contribution in [-0.4, -0.2) is 21.7 Å². The number of thiazole rings is 1. The van der Waals surface area contributed by atoms with Crippen molar-refractivity contribution in [1.82, 2.24) is 15.2 Å². The molecule has 2 aromatic heterocycles. The number of aryl methyl sites for hydroxylation is 1. The summed E-state index contributed by atoms with van der Waals surface area (Å²) in [5.41, 5.74) is 1.07. The molecule has 0 fully saturated rings. The third-order valence-corrected chi connectivity index (χ3v) is 4.25. The van der Waals surface area contributed by atoms with E-state index in [9.17, 15) is 0 Å². The van der Waals surface area contributed by atoms with Gasteiger partial charge in [0.25, 0.3) is 0 Å². The Labute approximate surface area is 125 Å². The molecule has 0 spiro atoms. The summed E-state index contributed by atoms with van der Waals surface area (Å²) in [5, 5.41) is 16.9. The Hall–Kier alpha value is -1.72. The predicted octanol–water partition coefficient (Wildman–Crippen LogP) is 3.70. The van der Waals surface area contributed by atoms with Crippen LogP contribution >= 0.6 is 22.9 Å². The molecular weight excluding hydrogens is 292 g/mol. The molecule has 0 aliphatic carbocycles. The summed E-state index contributed by atoms with van der Waals surface area (Å²) < 4.78 is 0. The molecular formula is C14H13ClN4S. The minimum absolute atomic E-state index is 0.432. The number of hydrogen-bond acceptors (Lipinski definition) is 5. The van der Waals surface area contributed by atoms with E-state index in [0.717, 1.165) is 40.3 Å². The Balaban J connectivity index is 1.76. The number of hydrogen-bond donors (Lipinski definition) is 1. The van der Waals surface area contributed by atoms with Gasteiger partial charge < -0.3 is 5.32 Å². The molecule has 4 nitrogen and oxygen atoms in total. The van der Waals surface area contributed by atoms with Crippen LogP contribution in [0.15, 0.2) is 29.6 Å². The van der Waals surface area contributed by atoms with Crippen LogP contribution in [0.2, 0.25) is 5.15 Å². The highest BCUT2D eigenvalue weighted by atomic mass is 35.5. The molecule has 0 aliphatic heterocycles. The quantitative estimate of drug-likeness (QED) is 0.798. The summed E-state index contributed by atoms with van der Waals surface area (Å²) in [5.74, 6) is 0.762. The number of benzene rings is 1. The lowest BCUT2D eigenvalue weighted by Crippen LogP contribution is -2.07. The van der Waals surface area contributed by atoms with Gasteiger partial charge in [-0.2, -0.15) is 0 Å². The number of halogens is 1. The molecule has 0 atom stereocenters. The Morgan fingerprint density at radius 1 is 1.20 bits per heavy atom. The fourth-order valence-corrected chi connectivity index (χ4v) is 2.99. The molecule has 0 bridgehead atoms. The van der Waals surface area contributed by atoms with Crippen molar-refractivity contribution >= 4 is 39.5 Å². The highest BCUT2D eigenvalue weighted by Crippen LogP contribution is 2.25. The van der Waals surface area contributed by atoms with Crippen molar-refractivity contribution in [2.75, 3.05) is 11.9 Å². The lowest BCUT2D eigenvalue weighted by atomic mass is 10.2. The maximum absolute atomic E-state index is 6.05. The standard InChI is InChI=1S/C14H13ClN4S/c1-9-8-20-12(17-9)6-7-16-14-11-5-3-2-4-10(11)13(15)18-19-14/h2-5,8H,6-7H2,1H3,(H,16,19). The van der Waals surface area contributed by atoms with E-state index in [1.807, 2.05) is 31.2 Å². The lowest BCUT2D eigenvalue weighted by Gasteiger charge is -2.07. The molecule has 3 aromatic rings. The zero-order chi connectivity index (χ0) is 13.9. The molecule has 6 heteroatoms. The topological polar surface area (TPSA) is 50.7 Å². The van der Waals surface area contributed by atoms with Gasteiger partial charge in [-0.1, -0.05) is 35.9 Å². The predicted molar refractivity (Wildman–Crippen MR) is 83.6 cm³/mol. The van der Waals surface area contributed by atoms with Crippen molar-refractivity contribution < 1.29 is 0 Å². The van der Waals surface area contributed by atoms with Crippen LogP contribution in [-0.2, 0) is 6.42 Å². The van der Waals surface area contributed by atoms with E-state index in [4.69, 9.17) is 11.6 Å². The number of nitrogens with one attached hydrogen (secondary N) is 1. The summed E-state index contributed by atoms with van der Waals surface area (Å²) >= 11 is 7.73. The van der Waals surface area contributed by atoms with E-state index >= 15 is 0 Å². The van der Waals surface area contributed by atoms with Crippen molar-refractivity contribution in [2.45, 2.75) is 13.3 Å². The van der Waals surface area contributed by atoms with Gasteiger partial charge in [0.1, 0.15) is 0 Å². The van der Waals surface area contributed by atoms with Gasteiger partial charge in [-0.05, 0) is 6.92 Å². The first kappa shape index (κ1) is 13.3. The van der Waals surface area contributed by atoms with Crippen molar-refractivity contribution in [3.05, 3.63) is 45.5 Å². The Morgan fingerprint density at radius 3 is 2.75 bits per heavy atom. The van der Waals surface area contributed by atoms with Crippen molar-refractivity contribution in [3.8, 4) is 0 Å². The van der Waals surface area contributed by atoms with E-state index in [1.54, 1.807) is 11.3 Å². The van der Waals surface area contributed by atoms with Crippen LogP contribution in [0, 0.1) is 6.92 Å². The molecule has 3 rings (SSSR count). The number of aromatic nitrogens is 3. The monoisotopic (exact) mass is 304 g/mol. The third kappa shape index (κ3) is 2.73. The summed E-state index contributed by atoms with van der Waals surface area (Å²) in [4.78, 5) is 4.44. The first-order valence-electron chi connectivity index (χ1n) is 6.30. The van der Waals surface area contributed by atoms with Gasteiger partial charge in [0, 0.05) is 34.8 Å². The smallest absolute Gasteiger partial charge is 0.159 e. The fourth-order valence-electron chi connectivity index (χ4n) is 2.01. The van der Waals surface area contributed by atoms with Gasteiger partial charge in [-0.25, -0.2) is 4.98 Å². The summed E-state index contributed by atoms with van der Waals surface area (Å²) in [6, 6.07) is 7.85. The number of rotatable bonds is 4. The zero-order valence-corrected chi connectivity index (χ0v) is 12.5. The number of nitrogens with zero attached hydrogens (tertiary/aromatic N) is 3. The SMILES string of the molecule is Cc1csc(CCNc2nnc(Cl)c3ccccc23)n1. The van der Waals surface area contributed by atoms with Crippen molar-refractivity contribution in [2.24, 2.45) is 0 Å². The molecule has 0 unspecified atom stereocenters. The van der Waals surface area contributed by atoms with E-state index in [-0.39, 0.29) is 0 Å². The van der Waals surface area contributed by atoms with Crippen molar-refractivity contribution in [3.63, 3.8) is 0 Å².